The monoisotopic (exact) mass is 399 g/mol. The van der Waals surface area contributed by atoms with Gasteiger partial charge in [-0.3, -0.25) is 4.79 Å². The normalized spacial score (nSPS) is 11.2. The number of benzene rings is 1. The Morgan fingerprint density at radius 3 is 2.71 bits per heavy atom. The number of rotatable bonds is 7. The molecule has 0 spiro atoms. The van der Waals surface area contributed by atoms with E-state index in [1.165, 1.54) is 11.8 Å². The zero-order valence-corrected chi connectivity index (χ0v) is 17.6. The van der Waals surface area contributed by atoms with Crippen LogP contribution in [0.3, 0.4) is 0 Å². The largest absolute Gasteiger partial charge is 0.491 e. The Balaban J connectivity index is 1.74. The van der Waals surface area contributed by atoms with Crippen LogP contribution in [0.15, 0.2) is 29.4 Å². The molecule has 2 heterocycles. The van der Waals surface area contributed by atoms with Gasteiger partial charge in [0.15, 0.2) is 0 Å². The molecule has 0 fully saturated rings. The first kappa shape index (κ1) is 20.1. The third-order valence-corrected chi connectivity index (χ3v) is 4.90. The topological polar surface area (TPSA) is 81.4 Å². The second kappa shape index (κ2) is 8.60. The van der Waals surface area contributed by atoms with Gasteiger partial charge in [0.05, 0.1) is 12.5 Å². The average molecular weight is 400 g/mol. The second-order valence-corrected chi connectivity index (χ2v) is 7.57. The first-order chi connectivity index (χ1) is 13.4. The van der Waals surface area contributed by atoms with Crippen LogP contribution < -0.4 is 10.1 Å². The maximum Gasteiger partial charge on any atom is 0.253 e. The molecule has 2 aromatic heterocycles. The molecule has 3 rings (SSSR count). The van der Waals surface area contributed by atoms with Crippen molar-refractivity contribution in [2.75, 3.05) is 6.26 Å². The van der Waals surface area contributed by atoms with Crippen LogP contribution in [-0.2, 0) is 17.8 Å². The highest BCUT2D eigenvalue weighted by atomic mass is 32.2. The van der Waals surface area contributed by atoms with Gasteiger partial charge in [-0.15, -0.1) is 5.10 Å². The summed E-state index contributed by atoms with van der Waals surface area (Å²) in [6.07, 6.45) is 2.24. The fourth-order valence-corrected chi connectivity index (χ4v) is 3.30. The van der Waals surface area contributed by atoms with Crippen molar-refractivity contribution in [3.05, 3.63) is 46.8 Å². The van der Waals surface area contributed by atoms with Gasteiger partial charge in [-0.1, -0.05) is 30.0 Å². The van der Waals surface area contributed by atoms with Gasteiger partial charge in [0, 0.05) is 29.1 Å². The summed E-state index contributed by atoms with van der Waals surface area (Å²) < 4.78 is 7.52. The number of fused-ring (bicyclic) bond motifs is 1. The van der Waals surface area contributed by atoms with E-state index in [2.05, 4.69) is 20.4 Å². The smallest absolute Gasteiger partial charge is 0.253 e. The standard InChI is InChI=1S/C20H25N5O2S/c1-12(2)27-17-9-7-6-8-15(17)11-21-18(26)10-16-13(3)22-19-23-20(28-5)24-25(19)14(16)4/h6-9,12H,10-11H2,1-5H3,(H,21,26). The number of para-hydroxylation sites is 1. The molecule has 8 heteroatoms. The van der Waals surface area contributed by atoms with E-state index < -0.39 is 0 Å². The quantitative estimate of drug-likeness (QED) is 0.615. The second-order valence-electron chi connectivity index (χ2n) is 6.80. The van der Waals surface area contributed by atoms with Gasteiger partial charge in [0.25, 0.3) is 5.78 Å². The number of aryl methyl sites for hydroxylation is 2. The summed E-state index contributed by atoms with van der Waals surface area (Å²) in [5.74, 6) is 1.28. The van der Waals surface area contributed by atoms with Crippen molar-refractivity contribution >= 4 is 23.4 Å². The molecule has 0 saturated heterocycles. The van der Waals surface area contributed by atoms with Crippen molar-refractivity contribution in [2.45, 2.75) is 51.9 Å². The van der Waals surface area contributed by atoms with Crippen molar-refractivity contribution in [3.63, 3.8) is 0 Å². The Morgan fingerprint density at radius 2 is 2.00 bits per heavy atom. The Hall–Kier alpha value is -2.61. The summed E-state index contributed by atoms with van der Waals surface area (Å²) in [4.78, 5) is 21.5. The summed E-state index contributed by atoms with van der Waals surface area (Å²) in [6.45, 7) is 8.21. The predicted molar refractivity (Wildman–Crippen MR) is 110 cm³/mol. The highest BCUT2D eigenvalue weighted by Gasteiger charge is 2.16. The molecule has 1 N–H and O–H groups in total. The van der Waals surface area contributed by atoms with E-state index in [1.807, 2.05) is 58.2 Å². The van der Waals surface area contributed by atoms with Gasteiger partial charge >= 0.3 is 0 Å². The summed E-state index contributed by atoms with van der Waals surface area (Å²) >= 11 is 1.47. The van der Waals surface area contributed by atoms with Crippen molar-refractivity contribution < 1.29 is 9.53 Å². The van der Waals surface area contributed by atoms with E-state index in [1.54, 1.807) is 4.52 Å². The van der Waals surface area contributed by atoms with Gasteiger partial charge in [0.2, 0.25) is 11.1 Å². The van der Waals surface area contributed by atoms with Crippen LogP contribution in [0.1, 0.15) is 36.4 Å². The van der Waals surface area contributed by atoms with Crippen molar-refractivity contribution in [2.24, 2.45) is 0 Å². The summed E-state index contributed by atoms with van der Waals surface area (Å²) in [5.41, 5.74) is 3.50. The summed E-state index contributed by atoms with van der Waals surface area (Å²) in [7, 11) is 0. The first-order valence-electron chi connectivity index (χ1n) is 9.17. The zero-order valence-electron chi connectivity index (χ0n) is 16.8. The maximum absolute atomic E-state index is 12.6. The van der Waals surface area contributed by atoms with Crippen molar-refractivity contribution in [1.29, 1.82) is 0 Å². The molecule has 28 heavy (non-hydrogen) atoms. The van der Waals surface area contributed by atoms with Crippen LogP contribution in [0.25, 0.3) is 5.78 Å². The Bertz CT molecular complexity index is 1000. The SMILES string of the molecule is CSc1nc2nc(C)c(CC(=O)NCc3ccccc3OC(C)C)c(C)n2n1. The number of thioether (sulfide) groups is 1. The molecule has 1 aromatic carbocycles. The van der Waals surface area contributed by atoms with Gasteiger partial charge in [-0.05, 0) is 40.0 Å². The van der Waals surface area contributed by atoms with Gasteiger partial charge in [-0.2, -0.15) is 4.98 Å². The minimum Gasteiger partial charge on any atom is -0.491 e. The van der Waals surface area contributed by atoms with Crippen molar-refractivity contribution in [1.82, 2.24) is 24.9 Å². The Labute approximate surface area is 168 Å². The Kier molecular flexibility index (Phi) is 6.18. The average Bonchev–Trinajstić information content (AvgIpc) is 3.07. The lowest BCUT2D eigenvalue weighted by Crippen LogP contribution is -2.26. The third kappa shape index (κ3) is 4.44. The number of nitrogens with one attached hydrogen (secondary N) is 1. The molecule has 0 saturated carbocycles. The van der Waals surface area contributed by atoms with E-state index in [4.69, 9.17) is 4.74 Å². The zero-order chi connectivity index (χ0) is 20.3. The fraction of sp³-hybridized carbons (Fsp3) is 0.400. The van der Waals surface area contributed by atoms with E-state index in [0.717, 1.165) is 28.3 Å². The van der Waals surface area contributed by atoms with Crippen LogP contribution in [0.4, 0.5) is 0 Å². The fourth-order valence-electron chi connectivity index (χ4n) is 2.97. The van der Waals surface area contributed by atoms with Gasteiger partial charge in [0.1, 0.15) is 5.75 Å². The number of carbonyl (C=O) groups excluding carboxylic acids is 1. The van der Waals surface area contributed by atoms with Gasteiger partial charge in [-0.25, -0.2) is 9.50 Å². The molecule has 7 nitrogen and oxygen atoms in total. The van der Waals surface area contributed by atoms with Crippen LogP contribution in [0, 0.1) is 13.8 Å². The molecule has 0 bridgehead atoms. The number of hydrogen-bond donors (Lipinski definition) is 1. The molecule has 0 aliphatic carbocycles. The van der Waals surface area contributed by atoms with E-state index >= 15 is 0 Å². The maximum atomic E-state index is 12.6. The lowest BCUT2D eigenvalue weighted by Gasteiger charge is -2.15. The molecule has 0 aliphatic heterocycles. The number of nitrogens with zero attached hydrogens (tertiary/aromatic N) is 4. The molecular formula is C20H25N5O2S. The molecule has 0 radical (unpaired) electrons. The molecule has 3 aromatic rings. The minimum absolute atomic E-state index is 0.0723. The lowest BCUT2D eigenvalue weighted by atomic mass is 10.1. The highest BCUT2D eigenvalue weighted by molar-refractivity contribution is 7.98. The molecular weight excluding hydrogens is 374 g/mol. The number of aromatic nitrogens is 4. The molecule has 0 atom stereocenters. The van der Waals surface area contributed by atoms with Crippen molar-refractivity contribution in [3.8, 4) is 5.75 Å². The number of amides is 1. The van der Waals surface area contributed by atoms with Gasteiger partial charge < -0.3 is 10.1 Å². The minimum atomic E-state index is -0.0723. The first-order valence-corrected chi connectivity index (χ1v) is 10.4. The molecule has 1 amide bonds. The molecule has 0 unspecified atom stereocenters. The number of hydrogen-bond acceptors (Lipinski definition) is 6. The predicted octanol–water partition coefficient (Wildman–Crippen LogP) is 3.11. The van der Waals surface area contributed by atoms with Crippen LogP contribution >= 0.6 is 11.8 Å². The van der Waals surface area contributed by atoms with Crippen LogP contribution in [-0.4, -0.2) is 37.8 Å². The summed E-state index contributed by atoms with van der Waals surface area (Å²) in [6, 6.07) is 7.75. The van der Waals surface area contributed by atoms with E-state index in [-0.39, 0.29) is 18.4 Å². The van der Waals surface area contributed by atoms with E-state index in [0.29, 0.717) is 17.5 Å². The van der Waals surface area contributed by atoms with Crippen LogP contribution in [0.2, 0.25) is 0 Å². The highest BCUT2D eigenvalue weighted by Crippen LogP contribution is 2.20. The Morgan fingerprint density at radius 1 is 1.25 bits per heavy atom. The summed E-state index contributed by atoms with van der Waals surface area (Å²) in [5, 5.41) is 8.08. The van der Waals surface area contributed by atoms with E-state index in [9.17, 15) is 4.79 Å². The number of ether oxygens (including phenoxy) is 1. The third-order valence-electron chi connectivity index (χ3n) is 4.36. The molecule has 0 aliphatic rings. The lowest BCUT2D eigenvalue weighted by molar-refractivity contribution is -0.120. The molecule has 148 valence electrons. The number of carbonyl (C=O) groups is 1. The van der Waals surface area contributed by atoms with Crippen LogP contribution in [0.5, 0.6) is 5.75 Å².